The van der Waals surface area contributed by atoms with Gasteiger partial charge in [-0.05, 0) is 16.5 Å². The zero-order chi connectivity index (χ0) is 13.3. The largest absolute Gasteiger partial charge is 0.338 e. The summed E-state index contributed by atoms with van der Waals surface area (Å²) in [5, 5.41) is 0. The minimum absolute atomic E-state index is 0.106. The lowest BCUT2D eigenvalue weighted by Crippen LogP contribution is -2.26. The van der Waals surface area contributed by atoms with Gasteiger partial charge in [0.1, 0.15) is 0 Å². The van der Waals surface area contributed by atoms with Crippen LogP contribution in [0.1, 0.15) is 31.9 Å². The molecule has 18 heavy (non-hydrogen) atoms. The van der Waals surface area contributed by atoms with Crippen LogP contribution in [0.15, 0.2) is 33.9 Å². The Bertz CT molecular complexity index is 614. The zero-order valence-corrected chi connectivity index (χ0v) is 11.5. The molecule has 0 atom stereocenters. The molecular weight excluding hydrogens is 248 g/mol. The van der Waals surface area contributed by atoms with E-state index in [1.165, 1.54) is 10.1 Å². The van der Waals surface area contributed by atoms with E-state index in [-0.39, 0.29) is 16.0 Å². The summed E-state index contributed by atoms with van der Waals surface area (Å²) in [5.41, 5.74) is 1.95. The summed E-state index contributed by atoms with van der Waals surface area (Å²) in [4.78, 5) is 22.6. The molecule has 1 N–H and O–H groups in total. The lowest BCUT2D eigenvalue weighted by molar-refractivity contribution is 0.589. The fourth-order valence-electron chi connectivity index (χ4n) is 1.71. The highest BCUT2D eigenvalue weighted by Gasteiger charge is 2.13. The third-order valence-electron chi connectivity index (χ3n) is 2.85. The quantitative estimate of drug-likeness (QED) is 0.901. The van der Waals surface area contributed by atoms with Gasteiger partial charge in [0.05, 0.1) is 6.54 Å². The van der Waals surface area contributed by atoms with Crippen LogP contribution in [0.2, 0.25) is 0 Å². The summed E-state index contributed by atoms with van der Waals surface area (Å²) in [6, 6.07) is 8.01. The molecule has 0 bridgehead atoms. The van der Waals surface area contributed by atoms with E-state index in [1.807, 2.05) is 24.3 Å². The molecule has 1 aromatic heterocycles. The molecule has 1 heterocycles. The van der Waals surface area contributed by atoms with Crippen LogP contribution < -0.4 is 10.6 Å². The van der Waals surface area contributed by atoms with Gasteiger partial charge >= 0.3 is 10.6 Å². The summed E-state index contributed by atoms with van der Waals surface area (Å²) in [5.74, 6) is 0. The SMILES string of the molecule is CC(C)(C)c1ccc(Cn2c(=O)[nH]sc2=O)cc1. The molecule has 0 radical (unpaired) electrons. The minimum Gasteiger partial charge on any atom is -0.258 e. The molecule has 0 aliphatic carbocycles. The van der Waals surface area contributed by atoms with Gasteiger partial charge in [0.25, 0.3) is 0 Å². The third-order valence-corrected chi connectivity index (χ3v) is 3.52. The number of benzene rings is 1. The Balaban J connectivity index is 2.27. The molecule has 5 heteroatoms. The van der Waals surface area contributed by atoms with Crippen molar-refractivity contribution in [3.05, 3.63) is 55.5 Å². The van der Waals surface area contributed by atoms with Gasteiger partial charge in [-0.3, -0.25) is 9.17 Å². The number of aromatic nitrogens is 2. The summed E-state index contributed by atoms with van der Waals surface area (Å²) in [6.45, 7) is 6.77. The van der Waals surface area contributed by atoms with Crippen LogP contribution in [0.3, 0.4) is 0 Å². The number of H-pyrrole nitrogens is 1. The van der Waals surface area contributed by atoms with Crippen molar-refractivity contribution >= 4 is 11.5 Å². The van der Waals surface area contributed by atoms with Crippen molar-refractivity contribution in [2.75, 3.05) is 0 Å². The molecule has 0 fully saturated rings. The van der Waals surface area contributed by atoms with Crippen molar-refractivity contribution in [1.82, 2.24) is 8.94 Å². The lowest BCUT2D eigenvalue weighted by Gasteiger charge is -2.19. The van der Waals surface area contributed by atoms with E-state index in [9.17, 15) is 9.59 Å². The smallest absolute Gasteiger partial charge is 0.258 e. The third kappa shape index (κ3) is 2.61. The number of aromatic amines is 1. The van der Waals surface area contributed by atoms with E-state index in [4.69, 9.17) is 0 Å². The molecule has 0 aliphatic rings. The van der Waals surface area contributed by atoms with Gasteiger partial charge in [0.15, 0.2) is 0 Å². The number of hydrogen-bond acceptors (Lipinski definition) is 3. The van der Waals surface area contributed by atoms with Crippen molar-refractivity contribution in [3.8, 4) is 0 Å². The molecule has 0 unspecified atom stereocenters. The van der Waals surface area contributed by atoms with Gasteiger partial charge in [0, 0.05) is 11.5 Å². The molecule has 96 valence electrons. The maximum Gasteiger partial charge on any atom is 0.338 e. The predicted molar refractivity (Wildman–Crippen MR) is 73.4 cm³/mol. The van der Waals surface area contributed by atoms with Crippen molar-refractivity contribution in [2.45, 2.75) is 32.7 Å². The number of hydrogen-bond donors (Lipinski definition) is 1. The van der Waals surface area contributed by atoms with Crippen LogP contribution in [0.25, 0.3) is 0 Å². The Morgan fingerprint density at radius 2 is 1.78 bits per heavy atom. The van der Waals surface area contributed by atoms with Crippen LogP contribution in [-0.2, 0) is 12.0 Å². The summed E-state index contributed by atoms with van der Waals surface area (Å²) < 4.78 is 3.63. The monoisotopic (exact) mass is 264 g/mol. The van der Waals surface area contributed by atoms with E-state index >= 15 is 0 Å². The Kier molecular flexibility index (Phi) is 3.26. The second kappa shape index (κ2) is 4.57. The van der Waals surface area contributed by atoms with Gasteiger partial charge in [0.2, 0.25) is 0 Å². The first-order valence-electron chi connectivity index (χ1n) is 5.75. The second-order valence-corrected chi connectivity index (χ2v) is 6.07. The Morgan fingerprint density at radius 1 is 1.17 bits per heavy atom. The highest BCUT2D eigenvalue weighted by molar-refractivity contribution is 7.02. The second-order valence-electron chi connectivity index (χ2n) is 5.31. The normalized spacial score (nSPS) is 11.7. The van der Waals surface area contributed by atoms with E-state index < -0.39 is 0 Å². The first-order chi connectivity index (χ1) is 8.38. The molecule has 4 nitrogen and oxygen atoms in total. The van der Waals surface area contributed by atoms with Crippen LogP contribution in [0, 0.1) is 0 Å². The van der Waals surface area contributed by atoms with E-state index in [0.29, 0.717) is 6.54 Å². The molecule has 0 saturated heterocycles. The van der Waals surface area contributed by atoms with Crippen molar-refractivity contribution in [3.63, 3.8) is 0 Å². The van der Waals surface area contributed by atoms with Crippen LogP contribution in [-0.4, -0.2) is 8.94 Å². The first-order valence-corrected chi connectivity index (χ1v) is 6.57. The number of nitrogens with one attached hydrogen (secondary N) is 1. The fraction of sp³-hybridized carbons (Fsp3) is 0.385. The number of nitrogens with zero attached hydrogens (tertiary/aromatic N) is 1. The van der Waals surface area contributed by atoms with E-state index in [0.717, 1.165) is 17.1 Å². The van der Waals surface area contributed by atoms with Gasteiger partial charge in [-0.15, -0.1) is 0 Å². The lowest BCUT2D eigenvalue weighted by atomic mass is 9.87. The van der Waals surface area contributed by atoms with E-state index in [1.54, 1.807) is 0 Å². The standard InChI is InChI=1S/C13H16N2O2S/c1-13(2,3)10-6-4-9(5-7-10)8-15-11(16)14-18-12(15)17/h4-7H,8H2,1-3H3,(H,14,16). The predicted octanol–water partition coefficient (Wildman–Crippen LogP) is 1.94. The topological polar surface area (TPSA) is 54.9 Å². The van der Waals surface area contributed by atoms with Crippen molar-refractivity contribution in [1.29, 1.82) is 0 Å². The average molecular weight is 264 g/mol. The Morgan fingerprint density at radius 3 is 2.22 bits per heavy atom. The maximum atomic E-state index is 11.4. The highest BCUT2D eigenvalue weighted by atomic mass is 32.1. The maximum absolute atomic E-state index is 11.4. The van der Waals surface area contributed by atoms with Gasteiger partial charge < -0.3 is 0 Å². The molecule has 0 aliphatic heterocycles. The molecule has 2 rings (SSSR count). The Labute approximate surface area is 109 Å². The molecule has 0 saturated carbocycles. The summed E-state index contributed by atoms with van der Waals surface area (Å²) >= 11 is 0.828. The van der Waals surface area contributed by atoms with E-state index in [2.05, 4.69) is 25.1 Å². The van der Waals surface area contributed by atoms with Crippen molar-refractivity contribution in [2.24, 2.45) is 0 Å². The zero-order valence-electron chi connectivity index (χ0n) is 10.7. The fourth-order valence-corrected chi connectivity index (χ4v) is 2.25. The highest BCUT2D eigenvalue weighted by Crippen LogP contribution is 2.22. The average Bonchev–Trinajstić information content (AvgIpc) is 2.60. The first kappa shape index (κ1) is 12.8. The molecule has 0 spiro atoms. The van der Waals surface area contributed by atoms with Crippen LogP contribution in [0.4, 0.5) is 0 Å². The number of rotatable bonds is 2. The molecule has 1 aromatic carbocycles. The molecule has 2 aromatic rings. The van der Waals surface area contributed by atoms with Gasteiger partial charge in [-0.1, -0.05) is 45.0 Å². The van der Waals surface area contributed by atoms with Crippen LogP contribution >= 0.6 is 11.5 Å². The van der Waals surface area contributed by atoms with Gasteiger partial charge in [-0.25, -0.2) is 9.36 Å². The molecular formula is C13H16N2O2S. The van der Waals surface area contributed by atoms with Crippen molar-refractivity contribution < 1.29 is 0 Å². The molecule has 0 amide bonds. The minimum atomic E-state index is -0.343. The van der Waals surface area contributed by atoms with Crippen LogP contribution in [0.5, 0.6) is 0 Å². The summed E-state index contributed by atoms with van der Waals surface area (Å²) in [7, 11) is 0. The summed E-state index contributed by atoms with van der Waals surface area (Å²) in [6.07, 6.45) is 0. The Hall–Kier alpha value is -1.62. The van der Waals surface area contributed by atoms with Gasteiger partial charge in [-0.2, -0.15) is 0 Å².